The lowest BCUT2D eigenvalue weighted by Crippen LogP contribution is -2.19. The molecule has 0 spiro atoms. The van der Waals surface area contributed by atoms with E-state index in [-0.39, 0.29) is 46.2 Å². The van der Waals surface area contributed by atoms with Crippen LogP contribution in [-0.4, -0.2) is 31.2 Å². The summed E-state index contributed by atoms with van der Waals surface area (Å²) >= 11 is -0.175. The number of carbonyl (C=O) groups excluding carboxylic acids is 1. The molecule has 1 aromatic carbocycles. The normalized spacial score (nSPS) is 15.0. The minimum atomic E-state index is -4.35. The monoisotopic (exact) mass is 432 g/mol. The van der Waals surface area contributed by atoms with Gasteiger partial charge in [-0.25, -0.2) is 15.0 Å². The first kappa shape index (κ1) is 20.3. The highest BCUT2D eigenvalue weighted by Gasteiger charge is 2.46. The van der Waals surface area contributed by atoms with Gasteiger partial charge in [-0.3, -0.25) is 9.59 Å². The number of benzene rings is 1. The van der Waals surface area contributed by atoms with E-state index in [1.165, 1.54) is 24.5 Å². The molecule has 30 heavy (non-hydrogen) atoms. The first-order valence-corrected chi connectivity index (χ1v) is 9.84. The van der Waals surface area contributed by atoms with Crippen LogP contribution in [0.3, 0.4) is 0 Å². The predicted molar refractivity (Wildman–Crippen MR) is 104 cm³/mol. The number of rotatable bonds is 6. The Bertz CT molecular complexity index is 1130. The summed E-state index contributed by atoms with van der Waals surface area (Å²) < 4.78 is 37.5. The Hall–Kier alpha value is -3.01. The second-order valence-electron chi connectivity index (χ2n) is 7.00. The number of thioether (sulfide) groups is 1. The van der Waals surface area contributed by atoms with Crippen molar-refractivity contribution in [2.75, 3.05) is 0 Å². The molecular weight excluding hydrogens is 417 g/mol. The Morgan fingerprint density at radius 2 is 1.80 bits per heavy atom. The van der Waals surface area contributed by atoms with Crippen LogP contribution in [0.1, 0.15) is 35.3 Å². The lowest BCUT2D eigenvalue weighted by Gasteiger charge is -2.15. The van der Waals surface area contributed by atoms with Gasteiger partial charge in [-0.2, -0.15) is 13.2 Å². The number of H-pyrrole nitrogens is 1. The van der Waals surface area contributed by atoms with Gasteiger partial charge in [0.25, 0.3) is 5.56 Å². The average Bonchev–Trinajstić information content (AvgIpc) is 3.48. The summed E-state index contributed by atoms with van der Waals surface area (Å²) in [6, 6.07) is 8.83. The van der Waals surface area contributed by atoms with Crippen LogP contribution in [0.25, 0.3) is 11.6 Å². The SMILES string of the molecule is O=C(CC1(c2ccc(SC(F)(F)F)cc2)CC1)c1cc(=O)[nH]c(-c2ncccn2)n1. The maximum atomic E-state index is 12.9. The minimum Gasteiger partial charge on any atom is -0.304 e. The van der Waals surface area contributed by atoms with Crippen molar-refractivity contribution in [2.24, 2.45) is 0 Å². The zero-order chi connectivity index (χ0) is 21.4. The largest absolute Gasteiger partial charge is 0.446 e. The lowest BCUT2D eigenvalue weighted by atomic mass is 9.90. The molecule has 0 amide bonds. The maximum absolute atomic E-state index is 12.9. The number of nitrogens with one attached hydrogen (secondary N) is 1. The van der Waals surface area contributed by atoms with E-state index >= 15 is 0 Å². The fourth-order valence-corrected chi connectivity index (χ4v) is 3.79. The topological polar surface area (TPSA) is 88.6 Å². The Morgan fingerprint density at radius 3 is 2.40 bits per heavy atom. The minimum absolute atomic E-state index is 0.0109. The zero-order valence-corrected chi connectivity index (χ0v) is 16.3. The fourth-order valence-electron chi connectivity index (χ4n) is 3.25. The van der Waals surface area contributed by atoms with Crippen LogP contribution < -0.4 is 5.56 Å². The molecule has 1 saturated carbocycles. The van der Waals surface area contributed by atoms with Crippen LogP contribution in [0.2, 0.25) is 0 Å². The second-order valence-corrected chi connectivity index (χ2v) is 8.14. The van der Waals surface area contributed by atoms with Crippen LogP contribution >= 0.6 is 11.8 Å². The Kier molecular flexibility index (Phi) is 5.19. The first-order valence-electron chi connectivity index (χ1n) is 9.02. The molecule has 3 aromatic rings. The van der Waals surface area contributed by atoms with Gasteiger partial charge < -0.3 is 4.98 Å². The van der Waals surface area contributed by atoms with Gasteiger partial charge in [-0.1, -0.05) is 12.1 Å². The standard InChI is InChI=1S/C20H15F3N4O2S/c21-20(22,23)30-13-4-2-12(3-5-13)19(6-7-19)11-15(28)14-10-16(29)27-18(26-14)17-24-8-1-9-25-17/h1-5,8-10H,6-7,11H2,(H,26,27,29). The average molecular weight is 432 g/mol. The van der Waals surface area contributed by atoms with E-state index < -0.39 is 16.5 Å². The highest BCUT2D eigenvalue weighted by atomic mass is 32.2. The molecule has 154 valence electrons. The van der Waals surface area contributed by atoms with Gasteiger partial charge in [0.2, 0.25) is 0 Å². The van der Waals surface area contributed by atoms with E-state index in [2.05, 4.69) is 19.9 Å². The molecule has 0 atom stereocenters. The summed E-state index contributed by atoms with van der Waals surface area (Å²) in [4.78, 5) is 39.7. The van der Waals surface area contributed by atoms with Gasteiger partial charge in [0.15, 0.2) is 17.4 Å². The molecule has 0 unspecified atom stereocenters. The number of carbonyl (C=O) groups is 1. The number of alkyl halides is 3. The highest BCUT2D eigenvalue weighted by Crippen LogP contribution is 2.52. The summed E-state index contributed by atoms with van der Waals surface area (Å²) in [5.41, 5.74) is -4.46. The third-order valence-corrected chi connectivity index (χ3v) is 5.60. The molecule has 1 aliphatic rings. The van der Waals surface area contributed by atoms with Gasteiger partial charge in [-0.05, 0) is 48.4 Å². The van der Waals surface area contributed by atoms with Crippen molar-refractivity contribution in [1.29, 1.82) is 0 Å². The van der Waals surface area contributed by atoms with Gasteiger partial charge in [0.05, 0.1) is 0 Å². The molecule has 1 N–H and O–H groups in total. The number of aromatic nitrogens is 4. The van der Waals surface area contributed by atoms with Crippen LogP contribution in [0.4, 0.5) is 13.2 Å². The van der Waals surface area contributed by atoms with Gasteiger partial charge in [0.1, 0.15) is 5.69 Å². The highest BCUT2D eigenvalue weighted by molar-refractivity contribution is 8.00. The third kappa shape index (κ3) is 4.59. The van der Waals surface area contributed by atoms with Crippen molar-refractivity contribution in [3.63, 3.8) is 0 Å². The van der Waals surface area contributed by atoms with E-state index in [0.717, 1.165) is 24.5 Å². The van der Waals surface area contributed by atoms with Gasteiger partial charge in [-0.15, -0.1) is 0 Å². The molecule has 2 heterocycles. The number of hydrogen-bond donors (Lipinski definition) is 1. The molecule has 10 heteroatoms. The number of nitrogens with zero attached hydrogens (tertiary/aromatic N) is 3. The second kappa shape index (κ2) is 7.67. The van der Waals surface area contributed by atoms with Crippen molar-refractivity contribution < 1.29 is 18.0 Å². The summed E-state index contributed by atoms with van der Waals surface area (Å²) in [6.07, 6.45) is 4.59. The van der Waals surface area contributed by atoms with Crippen LogP contribution in [0.5, 0.6) is 0 Å². The number of hydrogen-bond acceptors (Lipinski definition) is 6. The van der Waals surface area contributed by atoms with Crippen molar-refractivity contribution >= 4 is 17.5 Å². The molecule has 1 aliphatic carbocycles. The van der Waals surface area contributed by atoms with E-state index in [9.17, 15) is 22.8 Å². The fraction of sp³-hybridized carbons (Fsp3) is 0.250. The number of aromatic amines is 1. The summed E-state index contributed by atoms with van der Waals surface area (Å²) in [6.45, 7) is 0. The Labute approximate surface area is 173 Å². The summed E-state index contributed by atoms with van der Waals surface area (Å²) in [5, 5.41) is 0. The van der Waals surface area contributed by atoms with Crippen LogP contribution in [-0.2, 0) is 5.41 Å². The zero-order valence-electron chi connectivity index (χ0n) is 15.4. The van der Waals surface area contributed by atoms with E-state index in [0.29, 0.717) is 0 Å². The molecule has 1 fully saturated rings. The van der Waals surface area contributed by atoms with E-state index in [1.54, 1.807) is 18.2 Å². The molecule has 0 saturated heterocycles. The number of ketones is 1. The predicted octanol–water partition coefficient (Wildman–Crippen LogP) is 4.14. The van der Waals surface area contributed by atoms with Crippen molar-refractivity contribution in [3.05, 3.63) is 70.4 Å². The van der Waals surface area contributed by atoms with Gasteiger partial charge >= 0.3 is 5.51 Å². The third-order valence-electron chi connectivity index (χ3n) is 4.86. The molecule has 0 bridgehead atoms. The van der Waals surface area contributed by atoms with Crippen molar-refractivity contribution in [1.82, 2.24) is 19.9 Å². The maximum Gasteiger partial charge on any atom is 0.446 e. The molecule has 6 nitrogen and oxygen atoms in total. The van der Waals surface area contributed by atoms with Crippen molar-refractivity contribution in [3.8, 4) is 11.6 Å². The van der Waals surface area contributed by atoms with Crippen LogP contribution in [0.15, 0.2) is 58.5 Å². The summed E-state index contributed by atoms with van der Waals surface area (Å²) in [5.74, 6) is -0.0162. The smallest absolute Gasteiger partial charge is 0.304 e. The Morgan fingerprint density at radius 1 is 1.13 bits per heavy atom. The van der Waals surface area contributed by atoms with Crippen molar-refractivity contribution in [2.45, 2.75) is 35.1 Å². The molecular formula is C20H15F3N4O2S. The number of halogens is 3. The van der Waals surface area contributed by atoms with E-state index in [1.807, 2.05) is 0 Å². The molecule has 0 radical (unpaired) electrons. The lowest BCUT2D eigenvalue weighted by molar-refractivity contribution is -0.0328. The Balaban J connectivity index is 1.54. The number of Topliss-reactive ketones (excluding diaryl/α,β-unsaturated/α-hetero) is 1. The quantitative estimate of drug-likeness (QED) is 0.465. The molecule has 4 rings (SSSR count). The first-order chi connectivity index (χ1) is 14.2. The summed E-state index contributed by atoms with van der Waals surface area (Å²) in [7, 11) is 0. The van der Waals surface area contributed by atoms with Gasteiger partial charge in [0, 0.05) is 35.2 Å². The molecule has 0 aliphatic heterocycles. The molecule has 2 aromatic heterocycles. The van der Waals surface area contributed by atoms with Crippen LogP contribution in [0, 0.1) is 0 Å². The van der Waals surface area contributed by atoms with E-state index in [4.69, 9.17) is 0 Å².